The molecule has 0 fully saturated rings. The summed E-state index contributed by atoms with van der Waals surface area (Å²) in [5, 5.41) is 14.7. The van der Waals surface area contributed by atoms with Crippen LogP contribution in [0.15, 0.2) is 0 Å². The summed E-state index contributed by atoms with van der Waals surface area (Å²) in [5.41, 5.74) is 0. The lowest BCUT2D eigenvalue weighted by Gasteiger charge is -2.08. The molecule has 0 radical (unpaired) electrons. The van der Waals surface area contributed by atoms with Crippen LogP contribution in [0.1, 0.15) is 20.3 Å². The Balaban J connectivity index is 2.76. The van der Waals surface area contributed by atoms with Crippen molar-refractivity contribution in [2.75, 3.05) is 36.9 Å². The molecule has 1 rings (SSSR count). The molecule has 0 aliphatic rings. The number of nitrogens with one attached hydrogen (secondary N) is 2. The Bertz CT molecular complexity index is 308. The Hall–Kier alpha value is -1.63. The molecule has 1 aromatic heterocycles. The first-order valence-corrected chi connectivity index (χ1v) is 5.77. The number of hydrogen-bond acceptors (Lipinski definition) is 7. The first-order chi connectivity index (χ1) is 8.30. The topological polar surface area (TPSA) is 92.2 Å². The highest BCUT2D eigenvalue weighted by atomic mass is 16.5. The summed E-state index contributed by atoms with van der Waals surface area (Å²) >= 11 is 0. The van der Waals surface area contributed by atoms with Gasteiger partial charge in [0.2, 0.25) is 11.9 Å². The summed E-state index contributed by atoms with van der Waals surface area (Å²) < 4.78 is 5.17. The van der Waals surface area contributed by atoms with E-state index in [9.17, 15) is 0 Å². The fourth-order valence-corrected chi connectivity index (χ4v) is 1.11. The minimum absolute atomic E-state index is 0.0695. The van der Waals surface area contributed by atoms with Gasteiger partial charge in [0, 0.05) is 13.1 Å². The molecule has 7 nitrogen and oxygen atoms in total. The van der Waals surface area contributed by atoms with Gasteiger partial charge in [-0.3, -0.25) is 0 Å². The van der Waals surface area contributed by atoms with Gasteiger partial charge in [-0.25, -0.2) is 0 Å². The van der Waals surface area contributed by atoms with Crippen molar-refractivity contribution in [2.45, 2.75) is 20.3 Å². The van der Waals surface area contributed by atoms with E-state index < -0.39 is 0 Å². The zero-order valence-electron chi connectivity index (χ0n) is 10.2. The lowest BCUT2D eigenvalue weighted by molar-refractivity contribution is 0.191. The Morgan fingerprint density at radius 2 is 1.82 bits per heavy atom. The van der Waals surface area contributed by atoms with Gasteiger partial charge in [0.15, 0.2) is 0 Å². The third kappa shape index (κ3) is 4.81. The lowest BCUT2D eigenvalue weighted by Crippen LogP contribution is -2.12. The number of anilines is 2. The summed E-state index contributed by atoms with van der Waals surface area (Å²) in [6.45, 7) is 5.62. The van der Waals surface area contributed by atoms with Crippen LogP contribution in [-0.4, -0.2) is 46.4 Å². The normalized spacial score (nSPS) is 10.1. The SMILES string of the molecule is CCCNc1nc(NCC)nc(OCCO)n1. The first kappa shape index (κ1) is 13.4. The predicted molar refractivity (Wildman–Crippen MR) is 65.4 cm³/mol. The molecule has 1 aromatic rings. The van der Waals surface area contributed by atoms with Crippen LogP contribution in [0.2, 0.25) is 0 Å². The van der Waals surface area contributed by atoms with E-state index in [1.807, 2.05) is 6.92 Å². The van der Waals surface area contributed by atoms with Crippen molar-refractivity contribution in [3.05, 3.63) is 0 Å². The van der Waals surface area contributed by atoms with Crippen molar-refractivity contribution < 1.29 is 9.84 Å². The molecule has 0 aromatic carbocycles. The number of aliphatic hydroxyl groups is 1. The molecule has 7 heteroatoms. The van der Waals surface area contributed by atoms with E-state index in [2.05, 4.69) is 32.5 Å². The van der Waals surface area contributed by atoms with E-state index in [0.29, 0.717) is 11.9 Å². The van der Waals surface area contributed by atoms with Crippen LogP contribution in [0, 0.1) is 0 Å². The maximum atomic E-state index is 8.68. The Morgan fingerprint density at radius 1 is 1.12 bits per heavy atom. The van der Waals surface area contributed by atoms with Gasteiger partial charge in [-0.15, -0.1) is 0 Å². The maximum Gasteiger partial charge on any atom is 0.323 e. The first-order valence-electron chi connectivity index (χ1n) is 5.77. The second-order valence-electron chi connectivity index (χ2n) is 3.29. The smallest absolute Gasteiger partial charge is 0.323 e. The van der Waals surface area contributed by atoms with Crippen LogP contribution in [-0.2, 0) is 0 Å². The highest BCUT2D eigenvalue weighted by Crippen LogP contribution is 2.10. The summed E-state index contributed by atoms with van der Waals surface area (Å²) in [5.74, 6) is 0.944. The van der Waals surface area contributed by atoms with E-state index in [1.165, 1.54) is 0 Å². The van der Waals surface area contributed by atoms with Gasteiger partial charge in [-0.05, 0) is 13.3 Å². The van der Waals surface area contributed by atoms with Crippen molar-refractivity contribution in [3.8, 4) is 6.01 Å². The molecule has 96 valence electrons. The van der Waals surface area contributed by atoms with Crippen LogP contribution < -0.4 is 15.4 Å². The van der Waals surface area contributed by atoms with Crippen molar-refractivity contribution in [2.24, 2.45) is 0 Å². The molecule has 0 spiro atoms. The average Bonchev–Trinajstić information content (AvgIpc) is 2.34. The number of aromatic nitrogens is 3. The molecule has 0 unspecified atom stereocenters. The Morgan fingerprint density at radius 3 is 2.41 bits per heavy atom. The fraction of sp³-hybridized carbons (Fsp3) is 0.700. The summed E-state index contributed by atoms with van der Waals surface area (Å²) in [6.07, 6.45) is 0.981. The maximum absolute atomic E-state index is 8.68. The molecule has 0 saturated carbocycles. The van der Waals surface area contributed by atoms with E-state index >= 15 is 0 Å². The summed E-state index contributed by atoms with van der Waals surface area (Å²) in [6, 6.07) is 0.212. The molecule has 0 aliphatic carbocycles. The Labute approximate surface area is 101 Å². The monoisotopic (exact) mass is 241 g/mol. The minimum Gasteiger partial charge on any atom is -0.461 e. The van der Waals surface area contributed by atoms with Crippen molar-refractivity contribution in [3.63, 3.8) is 0 Å². The molecular weight excluding hydrogens is 222 g/mol. The molecule has 3 N–H and O–H groups in total. The number of hydrogen-bond donors (Lipinski definition) is 3. The average molecular weight is 241 g/mol. The van der Waals surface area contributed by atoms with Gasteiger partial charge in [0.05, 0.1) is 6.61 Å². The number of aliphatic hydroxyl groups excluding tert-OH is 1. The van der Waals surface area contributed by atoms with E-state index in [-0.39, 0.29) is 19.2 Å². The second-order valence-corrected chi connectivity index (χ2v) is 3.29. The van der Waals surface area contributed by atoms with Gasteiger partial charge in [0.1, 0.15) is 6.61 Å². The molecule has 1 heterocycles. The summed E-state index contributed by atoms with van der Waals surface area (Å²) in [7, 11) is 0. The highest BCUT2D eigenvalue weighted by molar-refractivity contribution is 5.35. The van der Waals surface area contributed by atoms with E-state index in [4.69, 9.17) is 9.84 Å². The van der Waals surface area contributed by atoms with Gasteiger partial charge in [0.25, 0.3) is 0 Å². The number of rotatable bonds is 8. The Kier molecular flexibility index (Phi) is 6.02. The highest BCUT2D eigenvalue weighted by Gasteiger charge is 2.06. The number of nitrogens with zero attached hydrogens (tertiary/aromatic N) is 3. The van der Waals surface area contributed by atoms with Crippen LogP contribution in [0.5, 0.6) is 6.01 Å². The molecule has 0 amide bonds. The van der Waals surface area contributed by atoms with E-state index in [0.717, 1.165) is 19.5 Å². The molecular formula is C10H19N5O2. The zero-order chi connectivity index (χ0) is 12.5. The fourth-order valence-electron chi connectivity index (χ4n) is 1.11. The predicted octanol–water partition coefficient (Wildman–Crippen LogP) is 0.496. The second kappa shape index (κ2) is 7.61. The largest absolute Gasteiger partial charge is 0.461 e. The van der Waals surface area contributed by atoms with Gasteiger partial charge in [-0.2, -0.15) is 15.0 Å². The molecule has 17 heavy (non-hydrogen) atoms. The van der Waals surface area contributed by atoms with Crippen LogP contribution >= 0.6 is 0 Å². The quantitative estimate of drug-likeness (QED) is 0.610. The zero-order valence-corrected chi connectivity index (χ0v) is 10.2. The third-order valence-corrected chi connectivity index (χ3v) is 1.81. The van der Waals surface area contributed by atoms with Gasteiger partial charge >= 0.3 is 6.01 Å². The van der Waals surface area contributed by atoms with Crippen molar-refractivity contribution in [1.29, 1.82) is 0 Å². The minimum atomic E-state index is -0.0695. The third-order valence-electron chi connectivity index (χ3n) is 1.81. The van der Waals surface area contributed by atoms with Crippen LogP contribution in [0.4, 0.5) is 11.9 Å². The van der Waals surface area contributed by atoms with Gasteiger partial charge in [-0.1, -0.05) is 6.92 Å². The van der Waals surface area contributed by atoms with Crippen LogP contribution in [0.25, 0.3) is 0 Å². The number of ether oxygens (including phenoxy) is 1. The molecule has 0 atom stereocenters. The van der Waals surface area contributed by atoms with Gasteiger partial charge < -0.3 is 20.5 Å². The molecule has 0 aliphatic heterocycles. The van der Waals surface area contributed by atoms with E-state index in [1.54, 1.807) is 0 Å². The molecule has 0 saturated heterocycles. The molecule has 0 bridgehead atoms. The summed E-state index contributed by atoms with van der Waals surface area (Å²) in [4.78, 5) is 12.3. The van der Waals surface area contributed by atoms with Crippen molar-refractivity contribution >= 4 is 11.9 Å². The standard InChI is InChI=1S/C10H19N5O2/c1-3-5-12-9-13-8(11-4-2)14-10(15-9)17-7-6-16/h16H,3-7H2,1-2H3,(H2,11,12,13,14,15). The lowest BCUT2D eigenvalue weighted by atomic mass is 10.5. The van der Waals surface area contributed by atoms with Crippen LogP contribution in [0.3, 0.4) is 0 Å². The van der Waals surface area contributed by atoms with Crippen molar-refractivity contribution in [1.82, 2.24) is 15.0 Å².